The van der Waals surface area contributed by atoms with Gasteiger partial charge in [0.1, 0.15) is 18.1 Å². The van der Waals surface area contributed by atoms with Gasteiger partial charge < -0.3 is 19.4 Å². The Kier molecular flexibility index (Phi) is 7.05. The van der Waals surface area contributed by atoms with Gasteiger partial charge in [0, 0.05) is 51.2 Å². The number of carbonyl (C=O) groups excluding carboxylic acids is 1. The first-order chi connectivity index (χ1) is 19.0. The Hall–Kier alpha value is -4.31. The van der Waals surface area contributed by atoms with Crippen LogP contribution in [0.3, 0.4) is 0 Å². The van der Waals surface area contributed by atoms with Gasteiger partial charge in [-0.2, -0.15) is 4.98 Å². The van der Waals surface area contributed by atoms with Crippen LogP contribution in [-0.2, 0) is 40.0 Å². The Morgan fingerprint density at radius 2 is 1.88 bits per heavy atom. The van der Waals surface area contributed by atoms with E-state index in [1.54, 1.807) is 31.5 Å². The number of sulfone groups is 1. The van der Waals surface area contributed by atoms with Crippen LogP contribution in [0.5, 0.6) is 5.75 Å². The van der Waals surface area contributed by atoms with Gasteiger partial charge in [-0.25, -0.2) is 17.9 Å². The largest absolute Gasteiger partial charge is 0.491 e. The second kappa shape index (κ2) is 10.3. The molecule has 1 fully saturated rings. The molecule has 0 radical (unpaired) electrons. The Balaban J connectivity index is 1.52. The molecule has 0 atom stereocenters. The molecule has 0 unspecified atom stereocenters. The smallest absolute Gasteiger partial charge is 0.332 e. The van der Waals surface area contributed by atoms with Gasteiger partial charge in [-0.15, -0.1) is 5.10 Å². The molecule has 212 valence electrons. The van der Waals surface area contributed by atoms with Crippen molar-refractivity contribution in [2.24, 2.45) is 20.0 Å². The first kappa shape index (κ1) is 27.3. The van der Waals surface area contributed by atoms with Crippen molar-refractivity contribution in [2.45, 2.75) is 24.5 Å². The van der Waals surface area contributed by atoms with Gasteiger partial charge in [-0.1, -0.05) is 5.21 Å². The van der Waals surface area contributed by atoms with Crippen molar-refractivity contribution < 1.29 is 22.7 Å². The lowest BCUT2D eigenvalue weighted by Crippen LogP contribution is -2.39. The zero-order chi connectivity index (χ0) is 28.8. The van der Waals surface area contributed by atoms with E-state index in [9.17, 15) is 22.8 Å². The number of carbonyl (C=O) groups is 1. The minimum atomic E-state index is -3.78. The van der Waals surface area contributed by atoms with E-state index in [2.05, 4.69) is 20.6 Å². The summed E-state index contributed by atoms with van der Waals surface area (Å²) >= 11 is 0. The van der Waals surface area contributed by atoms with Gasteiger partial charge in [-0.05, 0) is 18.9 Å². The summed E-state index contributed by atoms with van der Waals surface area (Å²) in [4.78, 5) is 42.3. The van der Waals surface area contributed by atoms with Crippen LogP contribution >= 0.6 is 0 Å². The number of aromatic nitrogens is 7. The average molecular weight is 573 g/mol. The summed E-state index contributed by atoms with van der Waals surface area (Å²) in [7, 11) is 0.489. The van der Waals surface area contributed by atoms with E-state index < -0.39 is 21.1 Å². The van der Waals surface area contributed by atoms with Crippen molar-refractivity contribution in [3.63, 3.8) is 0 Å². The monoisotopic (exact) mass is 572 g/mol. The minimum absolute atomic E-state index is 0.00581. The van der Waals surface area contributed by atoms with Crippen LogP contribution in [0.15, 0.2) is 39.1 Å². The number of imidazole rings is 1. The number of nitrogens with zero attached hydrogens (tertiary/aromatic N) is 7. The summed E-state index contributed by atoms with van der Waals surface area (Å²) in [5.41, 5.74) is -0.0785. The number of hydrogen-bond donors (Lipinski definition) is 1. The number of ether oxygens (including phenoxy) is 2. The second-order valence-corrected chi connectivity index (χ2v) is 11.5. The highest BCUT2D eigenvalue weighted by molar-refractivity contribution is 7.90. The van der Waals surface area contributed by atoms with Crippen LogP contribution in [0.4, 0.5) is 5.69 Å². The molecule has 0 saturated heterocycles. The van der Waals surface area contributed by atoms with Crippen molar-refractivity contribution >= 4 is 32.6 Å². The first-order valence-corrected chi connectivity index (χ1v) is 14.2. The predicted octanol–water partition coefficient (Wildman–Crippen LogP) is -0.160. The summed E-state index contributed by atoms with van der Waals surface area (Å²) in [6.45, 7) is 0.529. The fourth-order valence-corrected chi connectivity index (χ4v) is 5.09. The van der Waals surface area contributed by atoms with E-state index in [1.807, 2.05) is 0 Å². The lowest BCUT2D eigenvalue weighted by molar-refractivity contribution is -0.117. The number of anilines is 1. The standard InChI is InChI=1S/C24H28N8O7S/c1-29-19-20(26-23(29)40(4,36)37)31(24(35)30(2)22(19)34)12-16-13-32(28-27-16)17-9-15(25-21(33)14-5-6-14)10-18(11-17)39-8-7-38-3/h9-11,13-14H,5-8,12H2,1-4H3,(H,25,33). The number of nitrogens with one attached hydrogen (secondary N) is 1. The zero-order valence-corrected chi connectivity index (χ0v) is 23.1. The lowest BCUT2D eigenvalue weighted by Gasteiger charge is -2.12. The lowest BCUT2D eigenvalue weighted by atomic mass is 10.2. The maximum absolute atomic E-state index is 13.0. The Bertz CT molecular complexity index is 1850. The number of rotatable bonds is 10. The van der Waals surface area contributed by atoms with E-state index in [-0.39, 0.29) is 34.7 Å². The molecule has 16 heteroatoms. The van der Waals surface area contributed by atoms with E-state index in [1.165, 1.54) is 23.3 Å². The van der Waals surface area contributed by atoms with E-state index in [0.29, 0.717) is 36.0 Å². The van der Waals surface area contributed by atoms with E-state index in [0.717, 1.165) is 28.2 Å². The van der Waals surface area contributed by atoms with Gasteiger partial charge in [0.25, 0.3) is 5.56 Å². The van der Waals surface area contributed by atoms with Crippen molar-refractivity contribution in [2.75, 3.05) is 31.9 Å². The van der Waals surface area contributed by atoms with Crippen molar-refractivity contribution in [1.82, 2.24) is 33.7 Å². The third kappa shape index (κ3) is 5.27. The van der Waals surface area contributed by atoms with Gasteiger partial charge in [0.2, 0.25) is 20.9 Å². The first-order valence-electron chi connectivity index (χ1n) is 12.3. The number of methoxy groups -OCH3 is 1. The molecule has 1 saturated carbocycles. The van der Waals surface area contributed by atoms with Crippen LogP contribution in [0.2, 0.25) is 0 Å². The van der Waals surface area contributed by atoms with Gasteiger partial charge >= 0.3 is 5.69 Å². The zero-order valence-electron chi connectivity index (χ0n) is 22.3. The number of benzene rings is 1. The molecule has 4 aromatic rings. The van der Waals surface area contributed by atoms with Gasteiger partial charge in [0.05, 0.1) is 25.0 Å². The SMILES string of the molecule is COCCOc1cc(NC(=O)C2CC2)cc(-n2cc(Cn3c(=O)n(C)c(=O)c4c3nc(S(C)(=O)=O)n4C)nn2)c1. The molecule has 1 aliphatic rings. The maximum Gasteiger partial charge on any atom is 0.332 e. The highest BCUT2D eigenvalue weighted by atomic mass is 32.2. The maximum atomic E-state index is 13.0. The summed E-state index contributed by atoms with van der Waals surface area (Å²) < 4.78 is 39.9. The fraction of sp³-hybridized carbons (Fsp3) is 0.417. The average Bonchev–Trinajstić information content (AvgIpc) is 3.55. The van der Waals surface area contributed by atoms with E-state index >= 15 is 0 Å². The molecule has 1 amide bonds. The summed E-state index contributed by atoms with van der Waals surface area (Å²) in [5.74, 6) is 0.419. The third-order valence-electron chi connectivity index (χ3n) is 6.44. The molecular formula is C24H28N8O7S. The van der Waals surface area contributed by atoms with Crippen LogP contribution in [-0.4, -0.2) is 74.6 Å². The molecular weight excluding hydrogens is 544 g/mol. The molecule has 1 aliphatic carbocycles. The highest BCUT2D eigenvalue weighted by Gasteiger charge is 2.30. The predicted molar refractivity (Wildman–Crippen MR) is 143 cm³/mol. The quantitative estimate of drug-likeness (QED) is 0.252. The second-order valence-electron chi connectivity index (χ2n) is 9.61. The molecule has 0 spiro atoms. The molecule has 5 rings (SSSR count). The molecule has 3 heterocycles. The topological polar surface area (TPSA) is 174 Å². The fourth-order valence-electron chi connectivity index (χ4n) is 4.25. The highest BCUT2D eigenvalue weighted by Crippen LogP contribution is 2.31. The van der Waals surface area contributed by atoms with Gasteiger partial charge in [0.15, 0.2) is 11.2 Å². The Labute approximate surface area is 227 Å². The number of aryl methyl sites for hydroxylation is 1. The van der Waals surface area contributed by atoms with Crippen molar-refractivity contribution in [1.29, 1.82) is 0 Å². The van der Waals surface area contributed by atoms with Crippen LogP contribution < -0.4 is 21.3 Å². The Morgan fingerprint density at radius 3 is 2.55 bits per heavy atom. The number of fused-ring (bicyclic) bond motifs is 1. The number of hydrogen-bond acceptors (Lipinski definition) is 10. The summed E-state index contributed by atoms with van der Waals surface area (Å²) in [5, 5.41) is 10.9. The van der Waals surface area contributed by atoms with Gasteiger partial charge in [-0.3, -0.25) is 18.7 Å². The van der Waals surface area contributed by atoms with Crippen molar-refractivity contribution in [3.8, 4) is 11.4 Å². The third-order valence-corrected chi connectivity index (χ3v) is 7.47. The number of amides is 1. The molecule has 40 heavy (non-hydrogen) atoms. The van der Waals surface area contributed by atoms with Crippen LogP contribution in [0, 0.1) is 5.92 Å². The van der Waals surface area contributed by atoms with Crippen LogP contribution in [0.1, 0.15) is 18.5 Å². The summed E-state index contributed by atoms with van der Waals surface area (Å²) in [6, 6.07) is 5.14. The molecule has 3 aromatic heterocycles. The summed E-state index contributed by atoms with van der Waals surface area (Å²) in [6.07, 6.45) is 4.26. The molecule has 15 nitrogen and oxygen atoms in total. The molecule has 1 N–H and O–H groups in total. The Morgan fingerprint density at radius 1 is 1.12 bits per heavy atom. The van der Waals surface area contributed by atoms with E-state index in [4.69, 9.17) is 9.47 Å². The minimum Gasteiger partial charge on any atom is -0.491 e. The van der Waals surface area contributed by atoms with Crippen molar-refractivity contribution in [3.05, 3.63) is 50.9 Å². The molecule has 0 bridgehead atoms. The normalized spacial score (nSPS) is 13.6. The molecule has 1 aromatic carbocycles. The van der Waals surface area contributed by atoms with Crippen LogP contribution in [0.25, 0.3) is 16.9 Å². The molecule has 0 aliphatic heterocycles.